The zero-order valence-corrected chi connectivity index (χ0v) is 13.9. The zero-order chi connectivity index (χ0) is 37.0. The van der Waals surface area contributed by atoms with Gasteiger partial charge in [0.15, 0.2) is 14.3 Å². The van der Waals surface area contributed by atoms with E-state index in [9.17, 15) is 4.79 Å². The summed E-state index contributed by atoms with van der Waals surface area (Å²) < 4.78 is 173. The third-order valence-corrected chi connectivity index (χ3v) is 3.76. The normalized spacial score (nSPS) is 40.1. The number of carbonyl (C=O) groups excluding carboxylic acids is 1. The van der Waals surface area contributed by atoms with Gasteiger partial charge >= 0.3 is 0 Å². The van der Waals surface area contributed by atoms with Crippen LogP contribution in [0.25, 0.3) is 10.9 Å². The van der Waals surface area contributed by atoms with Gasteiger partial charge in [0, 0.05) is 49.6 Å². The Balaban J connectivity index is 1.86. The molecular formula is C19H25N5O4. The maximum absolute atomic E-state index is 13.4. The van der Waals surface area contributed by atoms with E-state index in [2.05, 4.69) is 9.97 Å². The lowest BCUT2D eigenvalue weighted by molar-refractivity contribution is -0.141. The molecule has 0 aliphatic carbocycles. The van der Waals surface area contributed by atoms with Gasteiger partial charge in [-0.3, -0.25) is 4.79 Å². The molecule has 2 aliphatic rings. The van der Waals surface area contributed by atoms with Crippen LogP contribution in [0.5, 0.6) is 11.5 Å². The molecular weight excluding hydrogens is 362 g/mol. The van der Waals surface area contributed by atoms with Crippen LogP contribution < -0.4 is 20.1 Å². The van der Waals surface area contributed by atoms with E-state index in [0.717, 1.165) is 4.90 Å². The predicted octanol–water partition coefficient (Wildman–Crippen LogP) is 1.06. The number of rotatable bonds is 5. The molecule has 9 nitrogen and oxygen atoms in total. The molecule has 150 valence electrons. The van der Waals surface area contributed by atoms with Crippen molar-refractivity contribution in [3.63, 3.8) is 0 Å². The molecule has 0 spiro atoms. The number of nitrogens with zero attached hydrogens (tertiary/aromatic N) is 4. The van der Waals surface area contributed by atoms with Crippen LogP contribution in [0.2, 0.25) is 2.82 Å². The Labute approximate surface area is 191 Å². The molecule has 2 aliphatic heterocycles. The molecule has 2 fully saturated rings. The zero-order valence-electron chi connectivity index (χ0n) is 33.9. The number of hydrogen-bond donors (Lipinski definition) is 1. The van der Waals surface area contributed by atoms with E-state index in [1.807, 2.05) is 0 Å². The van der Waals surface area contributed by atoms with Gasteiger partial charge in [-0.1, -0.05) is 0 Å². The Bertz CT molecular complexity index is 1610. The molecule has 3 heterocycles. The molecule has 1 aromatic carbocycles. The molecule has 2 saturated heterocycles. The van der Waals surface area contributed by atoms with E-state index in [1.54, 1.807) is 0 Å². The van der Waals surface area contributed by atoms with Gasteiger partial charge in [-0.25, -0.2) is 4.98 Å². The Morgan fingerprint density at radius 2 is 2.14 bits per heavy atom. The van der Waals surface area contributed by atoms with Crippen molar-refractivity contribution >= 4 is 28.6 Å². The first kappa shape index (κ1) is 6.35. The van der Waals surface area contributed by atoms with E-state index in [0.29, 0.717) is 0 Å². The third kappa shape index (κ3) is 3.37. The number of hydrogen-bond acceptors (Lipinski definition) is 8. The van der Waals surface area contributed by atoms with Crippen LogP contribution in [0.3, 0.4) is 0 Å². The van der Waals surface area contributed by atoms with Crippen LogP contribution in [0, 0.1) is 0 Å². The summed E-state index contributed by atoms with van der Waals surface area (Å²) in [5.74, 6) is -5.57. The number of carbonyl (C=O) groups is 1. The number of nitrogen functional groups attached to an aromatic ring is 1. The van der Waals surface area contributed by atoms with Gasteiger partial charge in [-0.05, 0) is 18.8 Å². The second kappa shape index (κ2) is 7.67. The summed E-state index contributed by atoms with van der Waals surface area (Å²) in [7, 11) is -6.64. The van der Waals surface area contributed by atoms with Crippen LogP contribution >= 0.6 is 0 Å². The number of nitrogens with two attached hydrogens (primary N) is 1. The number of methoxy groups -OCH3 is 2. The van der Waals surface area contributed by atoms with E-state index in [1.165, 1.54) is 0 Å². The van der Waals surface area contributed by atoms with Gasteiger partial charge in [0.1, 0.15) is 11.9 Å². The number of piperazine rings is 1. The van der Waals surface area contributed by atoms with E-state index >= 15 is 0 Å². The van der Waals surface area contributed by atoms with E-state index in [-0.39, 0.29) is 10.6 Å². The minimum atomic E-state index is -3.42. The average molecular weight is 408 g/mol. The smallest absolute Gasteiger partial charge is 0.251 e. The summed E-state index contributed by atoms with van der Waals surface area (Å²) in [4.78, 5) is 22.0. The highest BCUT2D eigenvalue weighted by Crippen LogP contribution is 2.34. The lowest BCUT2D eigenvalue weighted by Crippen LogP contribution is -2.51. The fourth-order valence-corrected chi connectivity index (χ4v) is 2.43. The number of aromatic nitrogens is 2. The van der Waals surface area contributed by atoms with Crippen LogP contribution in [-0.4, -0.2) is 73.6 Å². The highest BCUT2D eigenvalue weighted by Gasteiger charge is 2.31. The van der Waals surface area contributed by atoms with Crippen molar-refractivity contribution in [3.8, 4) is 11.5 Å². The molecule has 1 atom stereocenters. The predicted molar refractivity (Wildman–Crippen MR) is 105 cm³/mol. The standard InChI is InChI=1S/C19H25N5O4/c1-26-15-10-12-13(11-16(15)27-2)21-19(22-17(12)20)24-7-5-23(6-8-24)18(25)14-4-3-9-28-14/h10-11,14H,3-9H2,1-2H3,(H2,20,21,22)/i1D3,2D3,3D2,4D2,5D2,6D2,9D2,10D,11D/hD2. The van der Waals surface area contributed by atoms with Crippen molar-refractivity contribution in [2.45, 2.75) is 18.8 Å². The highest BCUT2D eigenvalue weighted by molar-refractivity contribution is 5.91. The fraction of sp³-hybridized carbons (Fsp3) is 0.526. The quantitative estimate of drug-likeness (QED) is 0.785. The summed E-state index contributed by atoms with van der Waals surface area (Å²) >= 11 is 0. The summed E-state index contributed by atoms with van der Waals surface area (Å²) in [5, 5.41) is -0.685. The largest absolute Gasteiger partial charge is 0.493 e. The van der Waals surface area contributed by atoms with Gasteiger partial charge in [-0.15, -0.1) is 0 Å². The number of ether oxygens (including phenoxy) is 3. The molecule has 1 unspecified atom stereocenters. The topological polar surface area (TPSA) is 103 Å². The van der Waals surface area contributed by atoms with Gasteiger partial charge < -0.3 is 29.7 Å². The Hall–Kier alpha value is -2.81. The average Bonchev–Trinajstić information content (AvgIpc) is 3.01. The lowest BCUT2D eigenvalue weighted by atomic mass is 10.2. The van der Waals surface area contributed by atoms with Gasteiger partial charge in [0.05, 0.1) is 38.8 Å². The van der Waals surface area contributed by atoms with Crippen LogP contribution in [0.1, 0.15) is 37.4 Å². The van der Waals surface area contributed by atoms with Crippen LogP contribution in [0.15, 0.2) is 12.1 Å². The summed E-state index contributed by atoms with van der Waals surface area (Å²) in [6.45, 7) is -11.7. The van der Waals surface area contributed by atoms with Gasteiger partial charge in [0.25, 0.3) is 5.91 Å². The highest BCUT2D eigenvalue weighted by atomic mass is 16.5. The first-order valence-corrected chi connectivity index (χ1v) is 7.64. The van der Waals surface area contributed by atoms with Crippen LogP contribution in [-0.2, 0) is 9.53 Å². The molecule has 0 radical (unpaired) electrons. The molecule has 1 aromatic heterocycles. The van der Waals surface area contributed by atoms with Crippen molar-refractivity contribution in [1.29, 1.82) is 0 Å². The second-order valence-corrected chi connectivity index (χ2v) is 5.40. The second-order valence-electron chi connectivity index (χ2n) is 5.40. The summed E-state index contributed by atoms with van der Waals surface area (Å²) in [6.07, 6.45) is -9.45. The first-order chi connectivity index (χ1) is 21.4. The van der Waals surface area contributed by atoms with Crippen molar-refractivity contribution in [2.75, 3.05) is 57.3 Å². The maximum atomic E-state index is 13.4. The fourth-order valence-electron chi connectivity index (χ4n) is 2.43. The van der Waals surface area contributed by atoms with Crippen LogP contribution in [0.4, 0.5) is 11.8 Å². The minimum Gasteiger partial charge on any atom is -0.493 e. The molecule has 0 saturated carbocycles. The monoisotopic (exact) mass is 407 g/mol. The molecule has 2 aromatic rings. The molecule has 2 N–H and O–H groups in total. The number of benzene rings is 1. The van der Waals surface area contributed by atoms with Crippen molar-refractivity contribution in [1.82, 2.24) is 14.9 Å². The Morgan fingerprint density at radius 1 is 1.36 bits per heavy atom. The van der Waals surface area contributed by atoms with E-state index < -0.39 is 118 Å². The van der Waals surface area contributed by atoms with Crippen molar-refractivity contribution in [2.24, 2.45) is 0 Å². The molecule has 0 bridgehead atoms. The number of anilines is 2. The first-order valence-electron chi connectivity index (χ1n) is 17.5. The maximum Gasteiger partial charge on any atom is 0.251 e. The van der Waals surface area contributed by atoms with Gasteiger partial charge in [-0.2, -0.15) is 4.98 Å². The van der Waals surface area contributed by atoms with E-state index in [4.69, 9.17) is 41.7 Å². The van der Waals surface area contributed by atoms with Gasteiger partial charge in [0.2, 0.25) is 5.95 Å². The molecule has 1 amide bonds. The molecule has 9 heteroatoms. The summed E-state index contributed by atoms with van der Waals surface area (Å²) in [5.41, 5.74) is -0.947. The minimum absolute atomic E-state index is 0.0851. The third-order valence-electron chi connectivity index (χ3n) is 3.76. The number of amides is 1. The van der Waals surface area contributed by atoms with Crippen molar-refractivity contribution in [3.05, 3.63) is 12.1 Å². The lowest BCUT2D eigenvalue weighted by Gasteiger charge is -2.35. The number of fused-ring (bicyclic) bond motifs is 1. The molecule has 4 rings (SSSR count). The Kier molecular flexibility index (Phi) is 1.74. The summed E-state index contributed by atoms with van der Waals surface area (Å²) in [6, 6.07) is -2.05. The van der Waals surface area contributed by atoms with Crippen molar-refractivity contribution < 1.29 is 46.5 Å². The molecule has 28 heavy (non-hydrogen) atoms. The SMILES string of the molecule is [2H]c1c(OC([2H])([2H])[2H])c(OC([2H])([2H])[2H])c([2H])c2c(N([2H])[2H])nc(N3CC([2H])([2H])N(C(=O)C4OC([2H])([2H])C([2H])([2H])C4([2H])[2H])C([2H])([2H])C3)nc12. The Morgan fingerprint density at radius 3 is 2.82 bits per heavy atom.